The molecule has 1 aromatic rings. The van der Waals surface area contributed by atoms with Crippen LogP contribution in [-0.4, -0.2) is 28.1 Å². The SMILES string of the molecule is C=CC(=O)Nc1c(C)ccc(C(=O)O)c1C(=O)O. The van der Waals surface area contributed by atoms with Crippen LogP contribution in [0, 0.1) is 6.92 Å². The summed E-state index contributed by atoms with van der Waals surface area (Å²) >= 11 is 0. The van der Waals surface area contributed by atoms with Crippen LogP contribution >= 0.6 is 0 Å². The van der Waals surface area contributed by atoms with Gasteiger partial charge in [0.25, 0.3) is 0 Å². The number of amides is 1. The van der Waals surface area contributed by atoms with E-state index in [1.165, 1.54) is 12.1 Å². The number of carboxylic acids is 2. The highest BCUT2D eigenvalue weighted by Gasteiger charge is 2.22. The Labute approximate surface area is 103 Å². The number of nitrogens with one attached hydrogen (secondary N) is 1. The molecule has 6 nitrogen and oxygen atoms in total. The summed E-state index contributed by atoms with van der Waals surface area (Å²) in [6.07, 6.45) is 0.971. The first kappa shape index (κ1) is 13.4. The van der Waals surface area contributed by atoms with Crippen molar-refractivity contribution in [2.45, 2.75) is 6.92 Å². The van der Waals surface area contributed by atoms with Crippen molar-refractivity contribution in [3.63, 3.8) is 0 Å². The summed E-state index contributed by atoms with van der Waals surface area (Å²) < 4.78 is 0. The monoisotopic (exact) mass is 249 g/mol. The molecule has 0 saturated heterocycles. The van der Waals surface area contributed by atoms with Crippen LogP contribution < -0.4 is 5.32 Å². The van der Waals surface area contributed by atoms with E-state index in [9.17, 15) is 14.4 Å². The van der Waals surface area contributed by atoms with Crippen molar-refractivity contribution in [1.82, 2.24) is 0 Å². The number of benzene rings is 1. The number of carbonyl (C=O) groups excluding carboxylic acids is 1. The fourth-order valence-corrected chi connectivity index (χ4v) is 1.44. The molecule has 18 heavy (non-hydrogen) atoms. The standard InChI is InChI=1S/C12H11NO5/c1-3-8(14)13-10-6(2)4-5-7(11(15)16)9(10)12(17)18/h3-5H,1H2,2H3,(H,13,14)(H,15,16)(H,17,18). The molecule has 0 unspecified atom stereocenters. The smallest absolute Gasteiger partial charge is 0.338 e. The Morgan fingerprint density at radius 2 is 1.83 bits per heavy atom. The second kappa shape index (κ2) is 5.13. The van der Waals surface area contributed by atoms with Gasteiger partial charge in [-0.05, 0) is 24.6 Å². The third-order valence-corrected chi connectivity index (χ3v) is 2.29. The molecule has 0 radical (unpaired) electrons. The largest absolute Gasteiger partial charge is 0.478 e. The van der Waals surface area contributed by atoms with Gasteiger partial charge in [-0.3, -0.25) is 4.79 Å². The molecule has 0 spiro atoms. The number of rotatable bonds is 4. The average molecular weight is 249 g/mol. The summed E-state index contributed by atoms with van der Waals surface area (Å²) in [5.41, 5.74) is -0.412. The first-order chi connectivity index (χ1) is 8.38. The molecule has 0 aliphatic rings. The molecule has 3 N–H and O–H groups in total. The zero-order valence-corrected chi connectivity index (χ0v) is 9.56. The minimum atomic E-state index is -1.42. The number of carboxylic acid groups (broad SMARTS) is 2. The summed E-state index contributed by atoms with van der Waals surface area (Å²) in [6.45, 7) is 4.81. The summed E-state index contributed by atoms with van der Waals surface area (Å²) in [5.74, 6) is -3.40. The minimum Gasteiger partial charge on any atom is -0.478 e. The second-order valence-corrected chi connectivity index (χ2v) is 3.48. The molecular weight excluding hydrogens is 238 g/mol. The molecule has 1 rings (SSSR count). The Bertz CT molecular complexity index is 548. The third-order valence-electron chi connectivity index (χ3n) is 2.29. The summed E-state index contributed by atoms with van der Waals surface area (Å²) in [4.78, 5) is 33.3. The lowest BCUT2D eigenvalue weighted by Crippen LogP contribution is -2.16. The molecule has 0 heterocycles. The highest BCUT2D eigenvalue weighted by Crippen LogP contribution is 2.25. The topological polar surface area (TPSA) is 104 Å². The van der Waals surface area contributed by atoms with Crippen LogP contribution in [0.15, 0.2) is 24.8 Å². The van der Waals surface area contributed by atoms with Crippen molar-refractivity contribution < 1.29 is 24.6 Å². The summed E-state index contributed by atoms with van der Waals surface area (Å²) in [7, 11) is 0. The van der Waals surface area contributed by atoms with E-state index in [-0.39, 0.29) is 11.3 Å². The number of anilines is 1. The summed E-state index contributed by atoms with van der Waals surface area (Å²) in [5, 5.41) is 20.3. The highest BCUT2D eigenvalue weighted by atomic mass is 16.4. The fraction of sp³-hybridized carbons (Fsp3) is 0.0833. The van der Waals surface area contributed by atoms with E-state index in [1.807, 2.05) is 0 Å². The minimum absolute atomic E-state index is 0.0349. The lowest BCUT2D eigenvalue weighted by atomic mass is 10.0. The van der Waals surface area contributed by atoms with Gasteiger partial charge in [-0.1, -0.05) is 12.6 Å². The zero-order chi connectivity index (χ0) is 13.9. The van der Waals surface area contributed by atoms with Crippen molar-refractivity contribution in [2.75, 3.05) is 5.32 Å². The van der Waals surface area contributed by atoms with Gasteiger partial charge in [0, 0.05) is 0 Å². The molecule has 0 bridgehead atoms. The zero-order valence-electron chi connectivity index (χ0n) is 9.56. The van der Waals surface area contributed by atoms with E-state index in [4.69, 9.17) is 10.2 Å². The first-order valence-corrected chi connectivity index (χ1v) is 4.92. The van der Waals surface area contributed by atoms with Gasteiger partial charge in [0.15, 0.2) is 0 Å². The van der Waals surface area contributed by atoms with Crippen LogP contribution in [0.3, 0.4) is 0 Å². The average Bonchev–Trinajstić information content (AvgIpc) is 2.30. The van der Waals surface area contributed by atoms with E-state index < -0.39 is 23.4 Å². The Kier molecular flexibility index (Phi) is 3.83. The van der Waals surface area contributed by atoms with Gasteiger partial charge < -0.3 is 15.5 Å². The van der Waals surface area contributed by atoms with Crippen LogP contribution in [0.2, 0.25) is 0 Å². The molecular formula is C12H11NO5. The van der Waals surface area contributed by atoms with Gasteiger partial charge >= 0.3 is 11.9 Å². The van der Waals surface area contributed by atoms with Crippen molar-refractivity contribution >= 4 is 23.5 Å². The van der Waals surface area contributed by atoms with Gasteiger partial charge in [-0.25, -0.2) is 9.59 Å². The van der Waals surface area contributed by atoms with Crippen LogP contribution in [0.25, 0.3) is 0 Å². The predicted octanol–water partition coefficient (Wildman–Crippen LogP) is 1.52. The molecule has 0 aromatic heterocycles. The fourth-order valence-electron chi connectivity index (χ4n) is 1.44. The summed E-state index contributed by atoms with van der Waals surface area (Å²) in [6, 6.07) is 2.61. The van der Waals surface area contributed by atoms with Crippen LogP contribution in [0.4, 0.5) is 5.69 Å². The van der Waals surface area contributed by atoms with E-state index in [0.717, 1.165) is 6.08 Å². The lowest BCUT2D eigenvalue weighted by Gasteiger charge is -2.12. The number of aromatic carboxylic acids is 2. The number of aryl methyl sites for hydroxylation is 1. The Morgan fingerprint density at radius 3 is 2.28 bits per heavy atom. The lowest BCUT2D eigenvalue weighted by molar-refractivity contribution is -0.111. The van der Waals surface area contributed by atoms with Crippen molar-refractivity contribution in [3.8, 4) is 0 Å². The Hall–Kier alpha value is -2.63. The predicted molar refractivity (Wildman–Crippen MR) is 63.9 cm³/mol. The number of hydrogen-bond donors (Lipinski definition) is 3. The Balaban J connectivity index is 3.50. The van der Waals surface area contributed by atoms with Crippen LogP contribution in [0.5, 0.6) is 0 Å². The van der Waals surface area contributed by atoms with E-state index in [1.54, 1.807) is 6.92 Å². The maximum Gasteiger partial charge on any atom is 0.338 e. The number of carbonyl (C=O) groups is 3. The molecule has 94 valence electrons. The van der Waals surface area contributed by atoms with Crippen LogP contribution in [0.1, 0.15) is 26.3 Å². The third kappa shape index (κ3) is 2.54. The van der Waals surface area contributed by atoms with Crippen LogP contribution in [-0.2, 0) is 4.79 Å². The van der Waals surface area contributed by atoms with Crippen molar-refractivity contribution in [3.05, 3.63) is 41.5 Å². The first-order valence-electron chi connectivity index (χ1n) is 4.92. The van der Waals surface area contributed by atoms with Crippen molar-refractivity contribution in [2.24, 2.45) is 0 Å². The maximum atomic E-state index is 11.2. The quantitative estimate of drug-likeness (QED) is 0.702. The second-order valence-electron chi connectivity index (χ2n) is 3.48. The van der Waals surface area contributed by atoms with Gasteiger partial charge in [0.2, 0.25) is 5.91 Å². The molecule has 0 aliphatic heterocycles. The van der Waals surface area contributed by atoms with E-state index in [2.05, 4.69) is 11.9 Å². The van der Waals surface area contributed by atoms with E-state index >= 15 is 0 Å². The molecule has 0 aliphatic carbocycles. The molecule has 6 heteroatoms. The normalized spacial score (nSPS) is 9.61. The van der Waals surface area contributed by atoms with Gasteiger partial charge in [0.05, 0.1) is 16.8 Å². The molecule has 0 atom stereocenters. The molecule has 0 fully saturated rings. The molecule has 0 saturated carbocycles. The van der Waals surface area contributed by atoms with Crippen molar-refractivity contribution in [1.29, 1.82) is 0 Å². The van der Waals surface area contributed by atoms with E-state index in [0.29, 0.717) is 5.56 Å². The van der Waals surface area contributed by atoms with Gasteiger partial charge in [0.1, 0.15) is 0 Å². The molecule has 1 amide bonds. The Morgan fingerprint density at radius 1 is 1.22 bits per heavy atom. The van der Waals surface area contributed by atoms with Gasteiger partial charge in [-0.2, -0.15) is 0 Å². The highest BCUT2D eigenvalue weighted by molar-refractivity contribution is 6.10. The van der Waals surface area contributed by atoms with Gasteiger partial charge in [-0.15, -0.1) is 0 Å². The molecule has 1 aromatic carbocycles. The number of hydrogen-bond acceptors (Lipinski definition) is 3. The maximum absolute atomic E-state index is 11.2.